The van der Waals surface area contributed by atoms with Crippen molar-refractivity contribution in [2.45, 2.75) is 38.6 Å². The third-order valence-corrected chi connectivity index (χ3v) is 4.75. The number of hydrogen-bond donors (Lipinski definition) is 1. The average Bonchev–Trinajstić information content (AvgIpc) is 3.03. The molecule has 0 unspecified atom stereocenters. The van der Waals surface area contributed by atoms with E-state index in [9.17, 15) is 9.90 Å². The van der Waals surface area contributed by atoms with Crippen molar-refractivity contribution in [1.29, 1.82) is 0 Å². The number of imidazole rings is 1. The first kappa shape index (κ1) is 16.6. The topological polar surface area (TPSA) is 71.2 Å². The molecule has 2 aromatic heterocycles. The summed E-state index contributed by atoms with van der Waals surface area (Å²) in [5.74, 6) is 1.34. The molecule has 1 N–H and O–H groups in total. The average molecular weight is 328 g/mol. The van der Waals surface area contributed by atoms with Gasteiger partial charge >= 0.3 is 0 Å². The van der Waals surface area contributed by atoms with Gasteiger partial charge < -0.3 is 14.6 Å². The van der Waals surface area contributed by atoms with Crippen molar-refractivity contribution in [1.82, 2.24) is 19.4 Å². The Morgan fingerprint density at radius 1 is 1.33 bits per heavy atom. The van der Waals surface area contributed by atoms with Crippen LogP contribution in [0.1, 0.15) is 53.7 Å². The summed E-state index contributed by atoms with van der Waals surface area (Å²) in [4.78, 5) is 23.1. The van der Waals surface area contributed by atoms with Gasteiger partial charge in [0.25, 0.3) is 5.91 Å². The monoisotopic (exact) mass is 328 g/mol. The molecule has 128 valence electrons. The van der Waals surface area contributed by atoms with E-state index in [2.05, 4.69) is 14.5 Å². The molecule has 1 aliphatic heterocycles. The van der Waals surface area contributed by atoms with E-state index in [1.807, 2.05) is 37.1 Å². The lowest BCUT2D eigenvalue weighted by atomic mass is 9.95. The van der Waals surface area contributed by atoms with Gasteiger partial charge in [-0.25, -0.2) is 4.98 Å². The number of aliphatic hydroxyl groups is 1. The Labute approximate surface area is 142 Å². The van der Waals surface area contributed by atoms with E-state index in [1.54, 1.807) is 12.3 Å². The van der Waals surface area contributed by atoms with Crippen LogP contribution < -0.4 is 0 Å². The number of piperidine rings is 1. The zero-order valence-corrected chi connectivity index (χ0v) is 14.2. The molecule has 0 bridgehead atoms. The molecule has 3 heterocycles. The molecule has 1 fully saturated rings. The van der Waals surface area contributed by atoms with Crippen molar-refractivity contribution < 1.29 is 9.90 Å². The van der Waals surface area contributed by atoms with Crippen molar-refractivity contribution in [2.24, 2.45) is 0 Å². The van der Waals surface area contributed by atoms with Crippen molar-refractivity contribution in [3.8, 4) is 0 Å². The van der Waals surface area contributed by atoms with Gasteiger partial charge in [-0.1, -0.05) is 6.07 Å². The van der Waals surface area contributed by atoms with Crippen molar-refractivity contribution in [2.75, 3.05) is 19.7 Å². The second kappa shape index (κ2) is 7.13. The first-order chi connectivity index (χ1) is 11.6. The lowest BCUT2D eigenvalue weighted by molar-refractivity contribution is 0.0703. The summed E-state index contributed by atoms with van der Waals surface area (Å²) >= 11 is 0. The highest BCUT2D eigenvalue weighted by atomic mass is 16.3. The van der Waals surface area contributed by atoms with Crippen LogP contribution in [-0.4, -0.2) is 50.1 Å². The Kier molecular flexibility index (Phi) is 4.94. The quantitative estimate of drug-likeness (QED) is 0.933. The van der Waals surface area contributed by atoms with Crippen LogP contribution in [0.5, 0.6) is 0 Å². The highest BCUT2D eigenvalue weighted by molar-refractivity contribution is 5.92. The number of aliphatic hydroxyl groups excluding tert-OH is 1. The number of pyridine rings is 1. The fourth-order valence-corrected chi connectivity index (χ4v) is 3.41. The molecule has 24 heavy (non-hydrogen) atoms. The van der Waals surface area contributed by atoms with Crippen LogP contribution in [0.15, 0.2) is 30.6 Å². The minimum absolute atomic E-state index is 0.00250. The van der Waals surface area contributed by atoms with Crippen molar-refractivity contribution in [3.63, 3.8) is 0 Å². The van der Waals surface area contributed by atoms with Crippen LogP contribution in [0.25, 0.3) is 0 Å². The van der Waals surface area contributed by atoms with Crippen molar-refractivity contribution >= 4 is 5.91 Å². The number of nitrogens with zero attached hydrogens (tertiary/aromatic N) is 4. The summed E-state index contributed by atoms with van der Waals surface area (Å²) in [6, 6.07) is 5.43. The van der Waals surface area contributed by atoms with Crippen LogP contribution in [-0.2, 0) is 0 Å². The van der Waals surface area contributed by atoms with Crippen LogP contribution in [0.4, 0.5) is 0 Å². The molecular weight excluding hydrogens is 304 g/mol. The summed E-state index contributed by atoms with van der Waals surface area (Å²) in [5.41, 5.74) is 1.57. The lowest BCUT2D eigenvalue weighted by Crippen LogP contribution is -2.38. The molecule has 1 aliphatic rings. The molecular formula is C18H24N4O2. The number of hydrogen-bond acceptors (Lipinski definition) is 4. The Balaban J connectivity index is 1.69. The minimum Gasteiger partial charge on any atom is -0.394 e. The first-order valence-electron chi connectivity index (χ1n) is 8.46. The predicted molar refractivity (Wildman–Crippen MR) is 90.9 cm³/mol. The molecule has 1 atom stereocenters. The second-order valence-corrected chi connectivity index (χ2v) is 6.44. The van der Waals surface area contributed by atoms with E-state index in [1.165, 1.54) is 0 Å². The minimum atomic E-state index is -0.00250. The Hall–Kier alpha value is -2.21. The van der Waals surface area contributed by atoms with E-state index in [-0.39, 0.29) is 18.6 Å². The number of aromatic nitrogens is 3. The summed E-state index contributed by atoms with van der Waals surface area (Å²) in [6.07, 6.45) is 5.28. The zero-order chi connectivity index (χ0) is 17.1. The molecule has 0 radical (unpaired) electrons. The van der Waals surface area contributed by atoms with Gasteiger partial charge in [-0.05, 0) is 38.8 Å². The molecule has 6 heteroatoms. The second-order valence-electron chi connectivity index (χ2n) is 6.44. The molecule has 0 aromatic carbocycles. The van der Waals surface area contributed by atoms with Gasteiger partial charge in [-0.2, -0.15) is 0 Å². The number of likely N-dealkylation sites (tertiary alicyclic amines) is 1. The van der Waals surface area contributed by atoms with Gasteiger partial charge in [0, 0.05) is 37.1 Å². The number of rotatable bonds is 4. The summed E-state index contributed by atoms with van der Waals surface area (Å²) in [6.45, 7) is 5.53. The van der Waals surface area contributed by atoms with Crippen LogP contribution in [0, 0.1) is 6.92 Å². The maximum atomic E-state index is 12.5. The van der Waals surface area contributed by atoms with Crippen molar-refractivity contribution in [3.05, 3.63) is 47.8 Å². The first-order valence-corrected chi connectivity index (χ1v) is 8.46. The predicted octanol–water partition coefficient (Wildman–Crippen LogP) is 2.16. The van der Waals surface area contributed by atoms with Crippen LogP contribution in [0.3, 0.4) is 0 Å². The maximum absolute atomic E-state index is 12.5. The third kappa shape index (κ3) is 3.19. The van der Waals surface area contributed by atoms with Crippen LogP contribution >= 0.6 is 0 Å². The molecule has 1 amide bonds. The molecule has 0 aliphatic carbocycles. The van der Waals surface area contributed by atoms with E-state index < -0.39 is 0 Å². The molecule has 0 saturated carbocycles. The van der Waals surface area contributed by atoms with Gasteiger partial charge in [-0.15, -0.1) is 0 Å². The van der Waals surface area contributed by atoms with Gasteiger partial charge in [0.1, 0.15) is 11.5 Å². The van der Waals surface area contributed by atoms with Gasteiger partial charge in [0.05, 0.1) is 12.6 Å². The summed E-state index contributed by atoms with van der Waals surface area (Å²) in [5, 5.41) is 9.49. The Bertz CT molecular complexity index is 690. The fraction of sp³-hybridized carbons (Fsp3) is 0.500. The number of amides is 1. The van der Waals surface area contributed by atoms with E-state index in [0.717, 1.165) is 24.4 Å². The zero-order valence-electron chi connectivity index (χ0n) is 14.2. The number of carbonyl (C=O) groups excluding carboxylic acids is 1. The molecule has 3 rings (SSSR count). The normalized spacial score (nSPS) is 17.0. The molecule has 1 saturated heterocycles. The molecule has 2 aromatic rings. The summed E-state index contributed by atoms with van der Waals surface area (Å²) < 4.78 is 2.13. The van der Waals surface area contributed by atoms with E-state index >= 15 is 0 Å². The van der Waals surface area contributed by atoms with Gasteiger partial charge in [-0.3, -0.25) is 9.78 Å². The molecule has 6 nitrogen and oxygen atoms in total. The number of aryl methyl sites for hydroxylation is 1. The standard InChI is InChI=1S/C18H24N4O2/c1-13-11-20-17(22(13)14(2)12-23)15-6-9-21(10-7-15)18(24)16-5-3-4-8-19-16/h3-5,8,11,14-15,23H,6-7,9-10,12H2,1-2H3/t14-/m1/s1. The Morgan fingerprint density at radius 2 is 2.08 bits per heavy atom. The third-order valence-electron chi connectivity index (χ3n) is 4.75. The van der Waals surface area contributed by atoms with E-state index in [4.69, 9.17) is 0 Å². The highest BCUT2D eigenvalue weighted by Gasteiger charge is 2.28. The van der Waals surface area contributed by atoms with Gasteiger partial charge in [0.15, 0.2) is 0 Å². The maximum Gasteiger partial charge on any atom is 0.272 e. The fourth-order valence-electron chi connectivity index (χ4n) is 3.41. The summed E-state index contributed by atoms with van der Waals surface area (Å²) in [7, 11) is 0. The smallest absolute Gasteiger partial charge is 0.272 e. The van der Waals surface area contributed by atoms with Crippen LogP contribution in [0.2, 0.25) is 0 Å². The highest BCUT2D eigenvalue weighted by Crippen LogP contribution is 2.30. The number of carbonyl (C=O) groups is 1. The van der Waals surface area contributed by atoms with E-state index in [0.29, 0.717) is 24.7 Å². The SMILES string of the molecule is Cc1cnc(C2CCN(C(=O)c3ccccn3)CC2)n1[C@H](C)CO. The van der Waals surface area contributed by atoms with Gasteiger partial charge in [0.2, 0.25) is 0 Å². The molecule has 0 spiro atoms. The largest absolute Gasteiger partial charge is 0.394 e. The Morgan fingerprint density at radius 3 is 2.71 bits per heavy atom. The lowest BCUT2D eigenvalue weighted by Gasteiger charge is -2.32.